The van der Waals surface area contributed by atoms with Gasteiger partial charge in [0.05, 0.1) is 25.9 Å². The number of aromatic nitrogens is 2. The summed E-state index contributed by atoms with van der Waals surface area (Å²) in [5.41, 5.74) is 2.88. The van der Waals surface area contributed by atoms with Crippen LogP contribution in [0.15, 0.2) is 40.8 Å². The predicted octanol–water partition coefficient (Wildman–Crippen LogP) is 4.10. The highest BCUT2D eigenvalue weighted by atomic mass is 32.1. The van der Waals surface area contributed by atoms with Gasteiger partial charge in [0.2, 0.25) is 5.91 Å². The number of carbonyl (C=O) groups excluding carboxylic acids is 1. The van der Waals surface area contributed by atoms with Crippen LogP contribution >= 0.6 is 22.7 Å². The van der Waals surface area contributed by atoms with E-state index in [2.05, 4.69) is 4.98 Å². The van der Waals surface area contributed by atoms with Crippen molar-refractivity contribution in [2.75, 3.05) is 20.8 Å². The fraction of sp³-hybridized carbons (Fsp3) is 0.292. The number of aryl methyl sites for hydroxylation is 1. The maximum absolute atomic E-state index is 13.3. The van der Waals surface area contributed by atoms with Crippen molar-refractivity contribution < 1.29 is 14.3 Å². The minimum absolute atomic E-state index is 0.0385. The highest BCUT2D eigenvalue weighted by Gasteiger charge is 2.24. The first-order chi connectivity index (χ1) is 16.0. The molecule has 1 aromatic carbocycles. The Hall–Kier alpha value is -3.17. The summed E-state index contributed by atoms with van der Waals surface area (Å²) in [6, 6.07) is 7.97. The largest absolute Gasteiger partial charge is 0.493 e. The lowest BCUT2D eigenvalue weighted by Crippen LogP contribution is -2.39. The van der Waals surface area contributed by atoms with E-state index in [-0.39, 0.29) is 18.0 Å². The summed E-state index contributed by atoms with van der Waals surface area (Å²) in [5.74, 6) is 1.22. The van der Waals surface area contributed by atoms with Crippen molar-refractivity contribution in [2.45, 2.75) is 26.4 Å². The summed E-state index contributed by atoms with van der Waals surface area (Å²) in [7, 11) is 3.21. The highest BCUT2D eigenvalue weighted by Crippen LogP contribution is 2.35. The molecule has 7 nitrogen and oxygen atoms in total. The molecular formula is C24H23N3O4S2. The van der Waals surface area contributed by atoms with Crippen LogP contribution in [0.5, 0.6) is 11.5 Å². The molecule has 0 aliphatic carbocycles. The molecular weight excluding hydrogens is 458 g/mol. The van der Waals surface area contributed by atoms with Gasteiger partial charge >= 0.3 is 0 Å². The van der Waals surface area contributed by atoms with E-state index in [1.54, 1.807) is 30.5 Å². The molecule has 0 radical (unpaired) electrons. The number of nitrogens with zero attached hydrogens (tertiary/aromatic N) is 3. The number of benzene rings is 1. The van der Waals surface area contributed by atoms with Crippen molar-refractivity contribution in [1.82, 2.24) is 14.5 Å². The van der Waals surface area contributed by atoms with E-state index in [0.717, 1.165) is 28.0 Å². The van der Waals surface area contributed by atoms with E-state index in [9.17, 15) is 9.59 Å². The van der Waals surface area contributed by atoms with E-state index in [0.29, 0.717) is 34.8 Å². The van der Waals surface area contributed by atoms with Crippen molar-refractivity contribution in [3.63, 3.8) is 0 Å². The fourth-order valence-electron chi connectivity index (χ4n) is 4.18. The van der Waals surface area contributed by atoms with Gasteiger partial charge in [-0.3, -0.25) is 14.2 Å². The SMILES string of the molecule is COc1cc2c(cc1OC)CN(C(=O)Cn1cnc3scc(-c4ccc(C)s4)c3c1=O)CC2. The molecule has 0 bridgehead atoms. The van der Waals surface area contributed by atoms with Crippen molar-refractivity contribution >= 4 is 38.8 Å². The first kappa shape index (κ1) is 21.7. The smallest absolute Gasteiger partial charge is 0.263 e. The zero-order valence-electron chi connectivity index (χ0n) is 18.6. The number of carbonyl (C=O) groups is 1. The molecule has 4 heterocycles. The molecule has 1 aliphatic heterocycles. The molecule has 5 rings (SSSR count). The summed E-state index contributed by atoms with van der Waals surface area (Å²) < 4.78 is 12.2. The molecule has 33 heavy (non-hydrogen) atoms. The third-order valence-electron chi connectivity index (χ3n) is 5.94. The molecule has 0 unspecified atom stereocenters. The van der Waals surface area contributed by atoms with Crippen LogP contribution in [0, 0.1) is 6.92 Å². The molecule has 1 amide bonds. The quantitative estimate of drug-likeness (QED) is 0.429. The Balaban J connectivity index is 1.41. The van der Waals surface area contributed by atoms with Gasteiger partial charge in [0, 0.05) is 33.8 Å². The van der Waals surface area contributed by atoms with Gasteiger partial charge < -0.3 is 14.4 Å². The second-order valence-electron chi connectivity index (χ2n) is 7.96. The van der Waals surface area contributed by atoms with Gasteiger partial charge in [0.1, 0.15) is 11.4 Å². The topological polar surface area (TPSA) is 73.7 Å². The second-order valence-corrected chi connectivity index (χ2v) is 10.1. The lowest BCUT2D eigenvalue weighted by atomic mass is 9.98. The van der Waals surface area contributed by atoms with E-state index in [1.807, 2.05) is 36.6 Å². The third-order valence-corrected chi connectivity index (χ3v) is 7.86. The van der Waals surface area contributed by atoms with Crippen molar-refractivity contribution in [3.05, 3.63) is 62.3 Å². The van der Waals surface area contributed by atoms with Crippen LogP contribution in [-0.2, 0) is 24.3 Å². The van der Waals surface area contributed by atoms with Gasteiger partial charge in [-0.25, -0.2) is 4.98 Å². The lowest BCUT2D eigenvalue weighted by molar-refractivity contribution is -0.132. The molecule has 1 aliphatic rings. The Kier molecular flexibility index (Phi) is 5.67. The van der Waals surface area contributed by atoms with E-state index in [1.165, 1.54) is 27.1 Å². The molecule has 3 aromatic heterocycles. The molecule has 0 atom stereocenters. The van der Waals surface area contributed by atoms with Crippen molar-refractivity contribution in [1.29, 1.82) is 0 Å². The molecule has 0 fully saturated rings. The normalized spacial score (nSPS) is 13.2. The van der Waals surface area contributed by atoms with E-state index in [4.69, 9.17) is 9.47 Å². The van der Waals surface area contributed by atoms with Crippen LogP contribution in [0.3, 0.4) is 0 Å². The molecule has 0 spiro atoms. The van der Waals surface area contributed by atoms with Crippen LogP contribution in [-0.4, -0.2) is 41.1 Å². The van der Waals surface area contributed by atoms with Gasteiger partial charge in [-0.2, -0.15) is 0 Å². The summed E-state index contributed by atoms with van der Waals surface area (Å²) in [5, 5.41) is 2.55. The maximum Gasteiger partial charge on any atom is 0.263 e. The number of hydrogen-bond donors (Lipinski definition) is 0. The van der Waals surface area contributed by atoms with Crippen LogP contribution in [0.1, 0.15) is 16.0 Å². The average molecular weight is 482 g/mol. The van der Waals surface area contributed by atoms with Crippen LogP contribution in [0.4, 0.5) is 0 Å². The number of hydrogen-bond acceptors (Lipinski definition) is 7. The minimum Gasteiger partial charge on any atom is -0.493 e. The Bertz CT molecular complexity index is 1420. The lowest BCUT2D eigenvalue weighted by Gasteiger charge is -2.29. The van der Waals surface area contributed by atoms with E-state index < -0.39 is 0 Å². The fourth-order valence-corrected chi connectivity index (χ4v) is 6.04. The van der Waals surface area contributed by atoms with Gasteiger partial charge in [0.15, 0.2) is 11.5 Å². The summed E-state index contributed by atoms with van der Waals surface area (Å²) >= 11 is 3.10. The Labute approximate surface area is 198 Å². The van der Waals surface area contributed by atoms with Gasteiger partial charge in [-0.05, 0) is 48.7 Å². The summed E-state index contributed by atoms with van der Waals surface area (Å²) in [6.45, 7) is 3.06. The molecule has 4 aromatic rings. The third kappa shape index (κ3) is 3.91. The Morgan fingerprint density at radius 1 is 1.15 bits per heavy atom. The monoisotopic (exact) mass is 481 g/mol. The number of ether oxygens (including phenoxy) is 2. The highest BCUT2D eigenvalue weighted by molar-refractivity contribution is 7.19. The first-order valence-corrected chi connectivity index (χ1v) is 12.2. The first-order valence-electron chi connectivity index (χ1n) is 10.5. The molecule has 9 heteroatoms. The molecule has 0 saturated heterocycles. The number of fused-ring (bicyclic) bond motifs is 2. The number of rotatable bonds is 5. The van der Waals surface area contributed by atoms with Crippen LogP contribution < -0.4 is 15.0 Å². The maximum atomic E-state index is 13.3. The van der Waals surface area contributed by atoms with Gasteiger partial charge in [-0.1, -0.05) is 0 Å². The summed E-state index contributed by atoms with van der Waals surface area (Å²) in [6.07, 6.45) is 2.20. The Morgan fingerprint density at radius 3 is 2.61 bits per heavy atom. The zero-order chi connectivity index (χ0) is 23.1. The summed E-state index contributed by atoms with van der Waals surface area (Å²) in [4.78, 5) is 35.6. The van der Waals surface area contributed by atoms with Gasteiger partial charge in [-0.15, -0.1) is 22.7 Å². The van der Waals surface area contributed by atoms with Crippen molar-refractivity contribution in [2.24, 2.45) is 0 Å². The van der Waals surface area contributed by atoms with Crippen LogP contribution in [0.2, 0.25) is 0 Å². The predicted molar refractivity (Wildman–Crippen MR) is 131 cm³/mol. The minimum atomic E-state index is -0.181. The standard InChI is InChI=1S/C24H23N3O4S2/c1-14-4-5-20(33-14)17-12-32-23-22(17)24(29)27(13-25-23)11-21(28)26-7-6-15-8-18(30-2)19(31-3)9-16(15)10-26/h4-5,8-9,12-13H,6-7,10-11H2,1-3H3. The number of thiophene rings is 2. The number of methoxy groups -OCH3 is 2. The molecule has 0 saturated carbocycles. The second kappa shape index (κ2) is 8.64. The Morgan fingerprint density at radius 2 is 1.91 bits per heavy atom. The number of amides is 1. The molecule has 0 N–H and O–H groups in total. The molecule has 170 valence electrons. The van der Waals surface area contributed by atoms with Crippen LogP contribution in [0.25, 0.3) is 20.7 Å². The average Bonchev–Trinajstić information content (AvgIpc) is 3.45. The zero-order valence-corrected chi connectivity index (χ0v) is 20.2. The van der Waals surface area contributed by atoms with Crippen molar-refractivity contribution in [3.8, 4) is 21.9 Å². The van der Waals surface area contributed by atoms with Gasteiger partial charge in [0.25, 0.3) is 5.56 Å². The van der Waals surface area contributed by atoms with E-state index >= 15 is 0 Å².